The van der Waals surface area contributed by atoms with Crippen LogP contribution in [0.5, 0.6) is 0 Å². The monoisotopic (exact) mass is 390 g/mol. The molecular formula is C20H18N6O3. The first kappa shape index (κ1) is 18.4. The molecule has 0 fully saturated rings. The van der Waals surface area contributed by atoms with Crippen LogP contribution in [0, 0.1) is 18.3 Å². The third-order valence-corrected chi connectivity index (χ3v) is 4.66. The Hall–Kier alpha value is -3.93. The van der Waals surface area contributed by atoms with Gasteiger partial charge >= 0.3 is 0 Å². The lowest BCUT2D eigenvalue weighted by molar-refractivity contribution is 0.101. The standard InChI is InChI=1S/C20H18N6O3/c1-12-9-16(25-29-12)23-20(28)18-24-17(15-7-2-3-8-26(15)18)19(27)22-14-6-4-5-13(10-14)11-21/h4-6,9-10H,2-3,7-8H2,1H3,(H,22,27)(H,23,25,28). The Balaban J connectivity index is 1.62. The van der Waals surface area contributed by atoms with E-state index in [9.17, 15) is 9.59 Å². The van der Waals surface area contributed by atoms with Crippen molar-refractivity contribution in [2.75, 3.05) is 10.6 Å². The minimum atomic E-state index is -0.452. The van der Waals surface area contributed by atoms with E-state index in [0.717, 1.165) is 18.5 Å². The summed E-state index contributed by atoms with van der Waals surface area (Å²) in [6.07, 6.45) is 2.47. The predicted octanol–water partition coefficient (Wildman–Crippen LogP) is 2.89. The van der Waals surface area contributed by atoms with Crippen LogP contribution in [0.1, 0.15) is 51.0 Å². The van der Waals surface area contributed by atoms with Crippen LogP contribution in [-0.4, -0.2) is 26.5 Å². The molecule has 29 heavy (non-hydrogen) atoms. The summed E-state index contributed by atoms with van der Waals surface area (Å²) >= 11 is 0. The minimum absolute atomic E-state index is 0.163. The lowest BCUT2D eigenvalue weighted by atomic mass is 10.1. The summed E-state index contributed by atoms with van der Waals surface area (Å²) in [5.74, 6) is 0.162. The molecule has 9 heteroatoms. The number of benzene rings is 1. The van der Waals surface area contributed by atoms with Crippen LogP contribution in [0.15, 0.2) is 34.9 Å². The van der Waals surface area contributed by atoms with Gasteiger partial charge in [0.2, 0.25) is 0 Å². The van der Waals surface area contributed by atoms with E-state index < -0.39 is 11.8 Å². The van der Waals surface area contributed by atoms with Gasteiger partial charge in [0.15, 0.2) is 17.3 Å². The molecule has 0 radical (unpaired) electrons. The van der Waals surface area contributed by atoms with Crippen LogP contribution in [0.3, 0.4) is 0 Å². The molecule has 146 valence electrons. The molecule has 2 amide bonds. The molecule has 4 rings (SSSR count). The van der Waals surface area contributed by atoms with Gasteiger partial charge in [0.05, 0.1) is 17.3 Å². The zero-order chi connectivity index (χ0) is 20.4. The smallest absolute Gasteiger partial charge is 0.292 e. The van der Waals surface area contributed by atoms with E-state index in [1.807, 2.05) is 6.07 Å². The maximum Gasteiger partial charge on any atom is 0.292 e. The van der Waals surface area contributed by atoms with E-state index in [-0.39, 0.29) is 11.5 Å². The van der Waals surface area contributed by atoms with Gasteiger partial charge in [-0.2, -0.15) is 5.26 Å². The number of imidazole rings is 1. The topological polar surface area (TPSA) is 126 Å². The molecule has 0 atom stereocenters. The summed E-state index contributed by atoms with van der Waals surface area (Å²) in [5, 5.41) is 18.2. The van der Waals surface area contributed by atoms with Crippen LogP contribution in [0.25, 0.3) is 0 Å². The number of nitrogens with zero attached hydrogens (tertiary/aromatic N) is 4. The van der Waals surface area contributed by atoms with Crippen LogP contribution in [0.4, 0.5) is 11.5 Å². The van der Waals surface area contributed by atoms with Gasteiger partial charge in [-0.15, -0.1) is 0 Å². The number of hydrogen-bond acceptors (Lipinski definition) is 6. The number of aryl methyl sites for hydroxylation is 1. The molecule has 0 saturated carbocycles. The zero-order valence-corrected chi connectivity index (χ0v) is 15.7. The lowest BCUT2D eigenvalue weighted by Crippen LogP contribution is -2.21. The van der Waals surface area contributed by atoms with Gasteiger partial charge in [0.25, 0.3) is 11.8 Å². The van der Waals surface area contributed by atoms with Gasteiger partial charge in [-0.1, -0.05) is 11.2 Å². The third kappa shape index (κ3) is 3.73. The number of nitrogens with one attached hydrogen (secondary N) is 2. The van der Waals surface area contributed by atoms with E-state index in [2.05, 4.69) is 20.8 Å². The highest BCUT2D eigenvalue weighted by atomic mass is 16.5. The summed E-state index contributed by atoms with van der Waals surface area (Å²) in [6, 6.07) is 10.3. The van der Waals surface area contributed by atoms with Gasteiger partial charge in [-0.3, -0.25) is 9.59 Å². The van der Waals surface area contributed by atoms with Crippen molar-refractivity contribution in [2.45, 2.75) is 32.7 Å². The van der Waals surface area contributed by atoms with Crippen molar-refractivity contribution in [1.82, 2.24) is 14.7 Å². The first-order valence-corrected chi connectivity index (χ1v) is 9.21. The average Bonchev–Trinajstić information content (AvgIpc) is 3.31. The predicted molar refractivity (Wildman–Crippen MR) is 103 cm³/mol. The molecule has 0 saturated heterocycles. The Morgan fingerprint density at radius 1 is 1.21 bits per heavy atom. The molecule has 1 aliphatic heterocycles. The van der Waals surface area contributed by atoms with Crippen LogP contribution < -0.4 is 10.6 Å². The molecular weight excluding hydrogens is 372 g/mol. The first-order chi connectivity index (χ1) is 14.0. The van der Waals surface area contributed by atoms with Crippen molar-refractivity contribution >= 4 is 23.3 Å². The van der Waals surface area contributed by atoms with Gasteiger partial charge < -0.3 is 19.7 Å². The third-order valence-electron chi connectivity index (χ3n) is 4.66. The number of fused-ring (bicyclic) bond motifs is 1. The Morgan fingerprint density at radius 2 is 2.07 bits per heavy atom. The molecule has 2 N–H and O–H groups in total. The van der Waals surface area contributed by atoms with Crippen molar-refractivity contribution in [2.24, 2.45) is 0 Å². The fraction of sp³-hybridized carbons (Fsp3) is 0.250. The van der Waals surface area contributed by atoms with Crippen molar-refractivity contribution in [1.29, 1.82) is 5.26 Å². The van der Waals surface area contributed by atoms with E-state index in [1.165, 1.54) is 0 Å². The largest absolute Gasteiger partial charge is 0.360 e. The van der Waals surface area contributed by atoms with Crippen molar-refractivity contribution in [3.05, 3.63) is 58.9 Å². The number of nitriles is 1. The van der Waals surface area contributed by atoms with Gasteiger partial charge in [0.1, 0.15) is 5.76 Å². The summed E-state index contributed by atoms with van der Waals surface area (Å²) in [4.78, 5) is 29.9. The molecule has 1 aliphatic rings. The number of anilines is 2. The number of carbonyl (C=O) groups is 2. The summed E-state index contributed by atoms with van der Waals surface area (Å²) in [5.41, 5.74) is 1.88. The number of rotatable bonds is 4. The molecule has 3 heterocycles. The molecule has 0 spiro atoms. The van der Waals surface area contributed by atoms with Crippen molar-refractivity contribution < 1.29 is 14.1 Å². The first-order valence-electron chi connectivity index (χ1n) is 9.21. The number of aromatic nitrogens is 3. The van der Waals surface area contributed by atoms with Crippen molar-refractivity contribution in [3.63, 3.8) is 0 Å². The highest BCUT2D eigenvalue weighted by Gasteiger charge is 2.28. The van der Waals surface area contributed by atoms with Gasteiger partial charge in [0, 0.05) is 18.3 Å². The summed E-state index contributed by atoms with van der Waals surface area (Å²) in [7, 11) is 0. The molecule has 3 aromatic rings. The quantitative estimate of drug-likeness (QED) is 0.705. The van der Waals surface area contributed by atoms with Crippen LogP contribution in [-0.2, 0) is 13.0 Å². The molecule has 2 aromatic heterocycles. The highest BCUT2D eigenvalue weighted by molar-refractivity contribution is 6.06. The minimum Gasteiger partial charge on any atom is -0.360 e. The maximum absolute atomic E-state index is 12.9. The SMILES string of the molecule is Cc1cc(NC(=O)c2nc(C(=O)Nc3cccc(C#N)c3)c3n2CCCC3)no1. The average molecular weight is 390 g/mol. The maximum atomic E-state index is 12.9. The zero-order valence-electron chi connectivity index (χ0n) is 15.7. The fourth-order valence-electron chi connectivity index (χ4n) is 3.35. The van der Waals surface area contributed by atoms with Gasteiger partial charge in [-0.05, 0) is 44.4 Å². The van der Waals surface area contributed by atoms with Crippen molar-refractivity contribution in [3.8, 4) is 6.07 Å². The van der Waals surface area contributed by atoms with Crippen LogP contribution in [0.2, 0.25) is 0 Å². The van der Waals surface area contributed by atoms with E-state index in [4.69, 9.17) is 9.78 Å². The highest BCUT2D eigenvalue weighted by Crippen LogP contribution is 2.23. The molecule has 1 aromatic carbocycles. The van der Waals surface area contributed by atoms with E-state index in [1.54, 1.807) is 41.8 Å². The molecule has 0 aliphatic carbocycles. The van der Waals surface area contributed by atoms with E-state index in [0.29, 0.717) is 35.8 Å². The Labute approximate surface area is 166 Å². The van der Waals surface area contributed by atoms with Gasteiger partial charge in [-0.25, -0.2) is 4.98 Å². The Bertz CT molecular complexity index is 1140. The van der Waals surface area contributed by atoms with Crippen LogP contribution >= 0.6 is 0 Å². The Morgan fingerprint density at radius 3 is 2.83 bits per heavy atom. The summed E-state index contributed by atoms with van der Waals surface area (Å²) < 4.78 is 6.75. The number of amides is 2. The number of carbonyl (C=O) groups excluding carboxylic acids is 2. The lowest BCUT2D eigenvalue weighted by Gasteiger charge is -2.16. The second kappa shape index (κ2) is 7.59. The molecule has 9 nitrogen and oxygen atoms in total. The van der Waals surface area contributed by atoms with E-state index >= 15 is 0 Å². The number of hydrogen-bond donors (Lipinski definition) is 2. The second-order valence-electron chi connectivity index (χ2n) is 6.76. The Kier molecular flexibility index (Phi) is 4.83. The fourth-order valence-corrected chi connectivity index (χ4v) is 3.35. The second-order valence-corrected chi connectivity index (χ2v) is 6.76. The molecule has 0 bridgehead atoms. The summed E-state index contributed by atoms with van der Waals surface area (Å²) in [6.45, 7) is 2.34. The molecule has 0 unspecified atom stereocenters. The normalized spacial score (nSPS) is 12.7.